The van der Waals surface area contributed by atoms with Gasteiger partial charge in [0.1, 0.15) is 30.5 Å². The molecular weight excluding hydrogens is 423 g/mol. The molecule has 152 valence electrons. The van der Waals surface area contributed by atoms with Crippen molar-refractivity contribution in [3.63, 3.8) is 0 Å². The number of nitrogens with one attached hydrogen (secondary N) is 1. The molecule has 0 radical (unpaired) electrons. The van der Waals surface area contributed by atoms with Gasteiger partial charge in [0.05, 0.1) is 13.1 Å². The van der Waals surface area contributed by atoms with Gasteiger partial charge in [0.15, 0.2) is 0 Å². The predicted molar refractivity (Wildman–Crippen MR) is 86.6 cm³/mol. The van der Waals surface area contributed by atoms with Gasteiger partial charge in [-0.2, -0.15) is 13.5 Å². The van der Waals surface area contributed by atoms with Crippen molar-refractivity contribution in [3.8, 4) is 5.75 Å². The number of nitrogens with two attached hydrogens (primary N) is 1. The van der Waals surface area contributed by atoms with Gasteiger partial charge in [-0.1, -0.05) is 6.07 Å². The van der Waals surface area contributed by atoms with E-state index in [0.29, 0.717) is 16.2 Å². The topological polar surface area (TPSA) is 192 Å². The van der Waals surface area contributed by atoms with Crippen molar-refractivity contribution in [2.45, 2.75) is 12.1 Å². The van der Waals surface area contributed by atoms with Gasteiger partial charge in [-0.3, -0.25) is 9.35 Å². The van der Waals surface area contributed by atoms with Crippen LogP contribution in [-0.4, -0.2) is 60.7 Å². The van der Waals surface area contributed by atoms with Crippen LogP contribution in [0.3, 0.4) is 0 Å². The minimum absolute atomic E-state index is 0. The van der Waals surface area contributed by atoms with Crippen molar-refractivity contribution in [2.24, 2.45) is 5.73 Å². The molecule has 3 rings (SSSR count). The molecule has 1 aromatic carbocycles. The summed E-state index contributed by atoms with van der Waals surface area (Å²) in [6, 6.07) is 1.34. The molecule has 2 aliphatic heterocycles. The summed E-state index contributed by atoms with van der Waals surface area (Å²) in [5, 5.41) is 12.8. The monoisotopic (exact) mass is 438 g/mol. The second-order valence-electron chi connectivity index (χ2n) is 5.94. The number of carbonyl (C=O) groups excluding carboxylic acids is 3. The molecule has 2 atom stereocenters. The average molecular weight is 438 g/mol. The van der Waals surface area contributed by atoms with Crippen LogP contribution >= 0.6 is 0 Å². The van der Waals surface area contributed by atoms with E-state index in [1.54, 1.807) is 0 Å². The number of ether oxygens (including phenoxy) is 1. The Kier molecular flexibility index (Phi) is 6.97. The number of rotatable bonds is 7. The first-order valence-corrected chi connectivity index (χ1v) is 9.22. The molecule has 4 N–H and O–H groups in total. The summed E-state index contributed by atoms with van der Waals surface area (Å²) in [5.74, 6) is -0.574. The Hall–Kier alpha value is -2.10. The Bertz CT molecular complexity index is 941. The molecule has 29 heavy (non-hydrogen) atoms. The third kappa shape index (κ3) is 4.91. The van der Waals surface area contributed by atoms with E-state index in [9.17, 15) is 27.9 Å². The van der Waals surface area contributed by atoms with Crippen molar-refractivity contribution in [1.82, 2.24) is 15.3 Å². The minimum Gasteiger partial charge on any atom is -0.530 e. The van der Waals surface area contributed by atoms with Gasteiger partial charge in [-0.05, 0) is 23.3 Å². The Morgan fingerprint density at radius 3 is 2.62 bits per heavy atom. The minimum atomic E-state index is -4.99. The van der Waals surface area contributed by atoms with Crippen molar-refractivity contribution in [3.05, 3.63) is 29.3 Å². The van der Waals surface area contributed by atoms with Gasteiger partial charge in [0, 0.05) is 0 Å². The number of fused-ring (bicyclic) bond motifs is 4. The largest absolute Gasteiger partial charge is 1.00 e. The van der Waals surface area contributed by atoms with E-state index in [2.05, 4.69) is 4.28 Å². The number of carboxylic acid groups (broad SMARTS) is 1. The van der Waals surface area contributed by atoms with Crippen molar-refractivity contribution in [2.75, 3.05) is 19.7 Å². The molecule has 0 aliphatic carbocycles. The van der Waals surface area contributed by atoms with Crippen LogP contribution < -0.4 is 50.5 Å². The Morgan fingerprint density at radius 2 is 2.03 bits per heavy atom. The number of benzene rings is 1. The fourth-order valence-electron chi connectivity index (χ4n) is 3.20. The van der Waals surface area contributed by atoms with Crippen LogP contribution in [0.1, 0.15) is 23.2 Å². The molecule has 4 amide bonds. The van der Waals surface area contributed by atoms with Crippen molar-refractivity contribution < 1.29 is 71.0 Å². The predicted octanol–water partition coefficient (Wildman–Crippen LogP) is -4.94. The number of primary amides is 1. The van der Waals surface area contributed by atoms with Gasteiger partial charge >= 0.3 is 46.0 Å². The third-order valence-corrected chi connectivity index (χ3v) is 4.54. The van der Waals surface area contributed by atoms with Crippen LogP contribution in [0.25, 0.3) is 0 Å². The maximum absolute atomic E-state index is 12.5. The molecule has 0 spiro atoms. The number of amides is 4. The molecule has 2 aliphatic rings. The van der Waals surface area contributed by atoms with E-state index >= 15 is 0 Å². The van der Waals surface area contributed by atoms with Gasteiger partial charge < -0.3 is 30.6 Å². The second-order valence-corrected chi connectivity index (χ2v) is 6.94. The number of hydrogen-bond donors (Lipinski definition) is 3. The zero-order valence-electron chi connectivity index (χ0n) is 15.1. The Morgan fingerprint density at radius 1 is 1.34 bits per heavy atom. The van der Waals surface area contributed by atoms with E-state index in [1.807, 2.05) is 5.32 Å². The molecule has 0 saturated carbocycles. The van der Waals surface area contributed by atoms with Gasteiger partial charge in [0.25, 0.3) is 0 Å². The number of urea groups is 1. The number of hydrogen-bond acceptors (Lipinski definition) is 8. The van der Waals surface area contributed by atoms with Crippen LogP contribution in [0.4, 0.5) is 9.59 Å². The van der Waals surface area contributed by atoms with Crippen molar-refractivity contribution >= 4 is 28.4 Å². The summed E-state index contributed by atoms with van der Waals surface area (Å²) in [6.45, 7) is -0.186. The second kappa shape index (κ2) is 8.73. The average Bonchev–Trinajstić information content (AvgIpc) is 2.84. The van der Waals surface area contributed by atoms with Crippen LogP contribution in [0.15, 0.2) is 18.2 Å². The first kappa shape index (κ1) is 23.2. The number of nitrogens with zero attached hydrogens (tertiary/aromatic N) is 2. The molecule has 1 aromatic rings. The quantitative estimate of drug-likeness (QED) is 0.212. The van der Waals surface area contributed by atoms with Crippen LogP contribution in [0.2, 0.25) is 0 Å². The number of carbonyl (C=O) groups is 3. The number of hydroxylamine groups is 2. The SMILES string of the molecule is NC(=O)[C@H]1c2ccc(OCCNC(=O)[O-])cc2[C@@H]2CN1C(=O)N2OS(=O)(=O)O.[Na+]. The molecule has 0 unspecified atom stereocenters. The Balaban J connectivity index is 0.00000300. The standard InChI is InChI=1S/C14H16N4O9S.Na/c15-12(19)11-8-2-1-7(26-4-3-16-13(20)21)5-9(8)10-6-17(11)14(22)18(10)27-28(23,24)25;/h1-2,5,10-11,16H,3-4,6H2,(H2,15,19)(H,20,21)(H,23,24,25);/q;+1/p-1/t10-,11+;/m0./s1. The Labute approximate surface area is 186 Å². The smallest absolute Gasteiger partial charge is 0.530 e. The van der Waals surface area contributed by atoms with Gasteiger partial charge in [-0.25, -0.2) is 4.79 Å². The summed E-state index contributed by atoms with van der Waals surface area (Å²) < 4.78 is 40.9. The van der Waals surface area contributed by atoms with Crippen LogP contribution in [0.5, 0.6) is 5.75 Å². The fraction of sp³-hybridized carbons (Fsp3) is 0.357. The summed E-state index contributed by atoms with van der Waals surface area (Å²) in [4.78, 5) is 35.7. The molecule has 1 saturated heterocycles. The van der Waals surface area contributed by atoms with E-state index in [1.165, 1.54) is 18.2 Å². The zero-order chi connectivity index (χ0) is 20.6. The maximum atomic E-state index is 12.5. The van der Waals surface area contributed by atoms with Gasteiger partial charge in [-0.15, -0.1) is 4.28 Å². The molecule has 2 heterocycles. The van der Waals surface area contributed by atoms with E-state index in [-0.39, 0.29) is 55.0 Å². The summed E-state index contributed by atoms with van der Waals surface area (Å²) in [5.41, 5.74) is 6.08. The van der Waals surface area contributed by atoms with E-state index < -0.39 is 40.5 Å². The maximum Gasteiger partial charge on any atom is 1.00 e. The summed E-state index contributed by atoms with van der Waals surface area (Å²) in [6.07, 6.45) is -1.46. The fourth-order valence-corrected chi connectivity index (χ4v) is 3.57. The summed E-state index contributed by atoms with van der Waals surface area (Å²) in [7, 11) is -4.99. The first-order chi connectivity index (χ1) is 13.1. The molecular formula is C14H15N4NaO9S. The molecule has 13 nitrogen and oxygen atoms in total. The first-order valence-electron chi connectivity index (χ1n) is 7.86. The molecule has 1 fully saturated rings. The third-order valence-electron chi connectivity index (χ3n) is 4.19. The molecule has 15 heteroatoms. The molecule has 2 bridgehead atoms. The van der Waals surface area contributed by atoms with Gasteiger partial charge in [0.2, 0.25) is 5.91 Å². The van der Waals surface area contributed by atoms with Crippen LogP contribution in [-0.2, 0) is 19.5 Å². The van der Waals surface area contributed by atoms with E-state index in [4.69, 9.17) is 15.0 Å². The molecule has 0 aromatic heterocycles. The van der Waals surface area contributed by atoms with Crippen LogP contribution in [0, 0.1) is 0 Å². The van der Waals surface area contributed by atoms with E-state index in [0.717, 1.165) is 4.90 Å². The van der Waals surface area contributed by atoms with Crippen molar-refractivity contribution in [1.29, 1.82) is 0 Å². The normalized spacial score (nSPS) is 20.0. The zero-order valence-corrected chi connectivity index (χ0v) is 17.9. The summed E-state index contributed by atoms with van der Waals surface area (Å²) >= 11 is 0.